The number of benzene rings is 2. The Bertz CT molecular complexity index is 1080. The Morgan fingerprint density at radius 3 is 2.63 bits per heavy atom. The van der Waals surface area contributed by atoms with Crippen LogP contribution < -0.4 is 10.1 Å². The number of imide groups is 1. The van der Waals surface area contributed by atoms with Gasteiger partial charge in [0.25, 0.3) is 11.1 Å². The maximum atomic E-state index is 12.7. The molecular weight excluding hydrogens is 472 g/mol. The quantitative estimate of drug-likeness (QED) is 0.600. The highest BCUT2D eigenvalue weighted by Crippen LogP contribution is 2.37. The molecule has 156 valence electrons. The number of hydrogen-bond donors (Lipinski definition) is 2. The summed E-state index contributed by atoms with van der Waals surface area (Å²) < 4.78 is 5.60. The van der Waals surface area contributed by atoms with E-state index in [0.29, 0.717) is 15.7 Å². The fourth-order valence-corrected chi connectivity index (χ4v) is 4.05. The second-order valence-electron chi connectivity index (χ2n) is 6.66. The van der Waals surface area contributed by atoms with E-state index in [0.717, 1.165) is 27.8 Å². The van der Waals surface area contributed by atoms with E-state index in [1.807, 2.05) is 26.0 Å². The normalized spacial score (nSPS) is 15.1. The number of methoxy groups -OCH3 is 1. The van der Waals surface area contributed by atoms with Gasteiger partial charge in [-0.2, -0.15) is 0 Å². The average molecular weight is 491 g/mol. The zero-order valence-corrected chi connectivity index (χ0v) is 18.9. The maximum absolute atomic E-state index is 12.7. The molecule has 0 spiro atoms. The zero-order chi connectivity index (χ0) is 22.0. The number of aromatic hydroxyl groups is 1. The predicted octanol–water partition coefficient (Wildman–Crippen LogP) is 4.46. The number of halogens is 1. The Hall–Kier alpha value is -2.78. The van der Waals surface area contributed by atoms with E-state index in [2.05, 4.69) is 21.2 Å². The van der Waals surface area contributed by atoms with Gasteiger partial charge < -0.3 is 15.2 Å². The number of amides is 3. The summed E-state index contributed by atoms with van der Waals surface area (Å²) >= 11 is 4.06. The molecule has 0 radical (unpaired) electrons. The van der Waals surface area contributed by atoms with Crippen molar-refractivity contribution < 1.29 is 24.2 Å². The fourth-order valence-electron chi connectivity index (χ4n) is 2.77. The molecule has 0 aliphatic carbocycles. The number of nitrogens with one attached hydrogen (secondary N) is 1. The summed E-state index contributed by atoms with van der Waals surface area (Å²) in [5, 5.41) is 12.0. The molecule has 0 unspecified atom stereocenters. The van der Waals surface area contributed by atoms with E-state index >= 15 is 0 Å². The lowest BCUT2D eigenvalue weighted by Gasteiger charge is -2.13. The summed E-state index contributed by atoms with van der Waals surface area (Å²) in [5.41, 5.74) is 3.28. The van der Waals surface area contributed by atoms with Crippen LogP contribution >= 0.6 is 27.7 Å². The second-order valence-corrected chi connectivity index (χ2v) is 8.51. The largest absolute Gasteiger partial charge is 0.504 e. The number of phenols is 1. The number of hydrogen-bond acceptors (Lipinski definition) is 6. The number of anilines is 1. The van der Waals surface area contributed by atoms with Crippen LogP contribution in [0.4, 0.5) is 10.5 Å². The van der Waals surface area contributed by atoms with Gasteiger partial charge in [-0.15, -0.1) is 0 Å². The molecule has 2 N–H and O–H groups in total. The van der Waals surface area contributed by atoms with Gasteiger partial charge in [0, 0.05) is 10.2 Å². The molecule has 1 aliphatic rings. The molecule has 1 saturated heterocycles. The summed E-state index contributed by atoms with van der Waals surface area (Å²) in [6.07, 6.45) is 1.51. The van der Waals surface area contributed by atoms with Crippen LogP contribution in [0.2, 0.25) is 0 Å². The van der Waals surface area contributed by atoms with Gasteiger partial charge in [0.1, 0.15) is 6.54 Å². The fraction of sp³-hybridized carbons (Fsp3) is 0.190. The Labute approximate surface area is 186 Å². The first kappa shape index (κ1) is 21.9. The van der Waals surface area contributed by atoms with E-state index < -0.39 is 17.1 Å². The van der Waals surface area contributed by atoms with Crippen LogP contribution in [0.25, 0.3) is 6.08 Å². The van der Waals surface area contributed by atoms with Gasteiger partial charge >= 0.3 is 0 Å². The minimum absolute atomic E-state index is 0.0577. The molecule has 0 bridgehead atoms. The molecular formula is C21H19BrN2O5S. The molecule has 0 aromatic heterocycles. The van der Waals surface area contributed by atoms with Crippen molar-refractivity contribution in [1.82, 2.24) is 4.90 Å². The summed E-state index contributed by atoms with van der Waals surface area (Å²) in [7, 11) is 1.41. The van der Waals surface area contributed by atoms with Gasteiger partial charge in [-0.1, -0.05) is 22.0 Å². The number of rotatable bonds is 5. The highest BCUT2D eigenvalue weighted by molar-refractivity contribution is 9.10. The van der Waals surface area contributed by atoms with Crippen LogP contribution in [0, 0.1) is 13.8 Å². The summed E-state index contributed by atoms with van der Waals surface area (Å²) in [5.74, 6) is -0.845. The Kier molecular flexibility index (Phi) is 6.52. The van der Waals surface area contributed by atoms with Gasteiger partial charge in [0.05, 0.1) is 12.0 Å². The van der Waals surface area contributed by atoms with Crippen molar-refractivity contribution >= 4 is 56.5 Å². The number of nitrogens with zero attached hydrogens (tertiary/aromatic N) is 1. The van der Waals surface area contributed by atoms with E-state index in [1.54, 1.807) is 12.1 Å². The van der Waals surface area contributed by atoms with Crippen LogP contribution in [0.15, 0.2) is 39.7 Å². The molecule has 2 aromatic carbocycles. The molecule has 9 heteroatoms. The highest BCUT2D eigenvalue weighted by Gasteiger charge is 2.36. The van der Waals surface area contributed by atoms with Crippen LogP contribution in [-0.4, -0.2) is 40.7 Å². The molecule has 3 rings (SSSR count). The molecule has 2 aromatic rings. The number of thioether (sulfide) groups is 1. The van der Waals surface area contributed by atoms with Gasteiger partial charge in [-0.3, -0.25) is 19.3 Å². The van der Waals surface area contributed by atoms with Crippen molar-refractivity contribution in [3.05, 3.63) is 56.4 Å². The predicted molar refractivity (Wildman–Crippen MR) is 120 cm³/mol. The first-order valence-corrected chi connectivity index (χ1v) is 10.5. The van der Waals surface area contributed by atoms with Crippen LogP contribution in [-0.2, 0) is 9.59 Å². The first-order chi connectivity index (χ1) is 14.2. The number of phenolic OH excluding ortho intramolecular Hbond substituents is 1. The SMILES string of the molecule is COc1cc(C=C2SC(=O)N(CC(=O)Nc3ccc(C)c(C)c3)C2=O)c(Br)cc1O. The maximum Gasteiger partial charge on any atom is 0.294 e. The number of carbonyl (C=O) groups is 3. The van der Waals surface area contributed by atoms with Crippen molar-refractivity contribution in [2.75, 3.05) is 19.0 Å². The third kappa shape index (κ3) is 4.68. The summed E-state index contributed by atoms with van der Waals surface area (Å²) in [6, 6.07) is 8.46. The van der Waals surface area contributed by atoms with E-state index in [-0.39, 0.29) is 22.9 Å². The summed E-state index contributed by atoms with van der Waals surface area (Å²) in [6.45, 7) is 3.52. The third-order valence-corrected chi connectivity index (χ3v) is 6.14. The van der Waals surface area contributed by atoms with E-state index in [1.165, 1.54) is 19.3 Å². The number of carbonyl (C=O) groups excluding carboxylic acids is 3. The monoisotopic (exact) mass is 490 g/mol. The van der Waals surface area contributed by atoms with Crippen molar-refractivity contribution in [3.63, 3.8) is 0 Å². The average Bonchev–Trinajstić information content (AvgIpc) is 2.94. The van der Waals surface area contributed by atoms with Crippen molar-refractivity contribution in [2.24, 2.45) is 0 Å². The third-order valence-electron chi connectivity index (χ3n) is 4.55. The molecule has 0 atom stereocenters. The van der Waals surface area contributed by atoms with Crippen LogP contribution in [0.1, 0.15) is 16.7 Å². The van der Waals surface area contributed by atoms with Crippen molar-refractivity contribution in [2.45, 2.75) is 13.8 Å². The minimum Gasteiger partial charge on any atom is -0.504 e. The molecule has 0 saturated carbocycles. The molecule has 1 heterocycles. The summed E-state index contributed by atoms with van der Waals surface area (Å²) in [4.78, 5) is 38.4. The smallest absolute Gasteiger partial charge is 0.294 e. The van der Waals surface area contributed by atoms with Crippen molar-refractivity contribution in [1.29, 1.82) is 0 Å². The first-order valence-electron chi connectivity index (χ1n) is 8.88. The second kappa shape index (κ2) is 8.93. The highest BCUT2D eigenvalue weighted by atomic mass is 79.9. The number of aryl methyl sites for hydroxylation is 2. The molecule has 1 aliphatic heterocycles. The van der Waals surface area contributed by atoms with Crippen LogP contribution in [0.5, 0.6) is 11.5 Å². The van der Waals surface area contributed by atoms with Gasteiger partial charge in [-0.05, 0) is 72.6 Å². The minimum atomic E-state index is -0.556. The van der Waals surface area contributed by atoms with Gasteiger partial charge in [0.2, 0.25) is 5.91 Å². The van der Waals surface area contributed by atoms with E-state index in [4.69, 9.17) is 4.74 Å². The lowest BCUT2D eigenvalue weighted by atomic mass is 10.1. The lowest BCUT2D eigenvalue weighted by Crippen LogP contribution is -2.36. The topological polar surface area (TPSA) is 95.9 Å². The van der Waals surface area contributed by atoms with Gasteiger partial charge in [0.15, 0.2) is 11.5 Å². The Morgan fingerprint density at radius 1 is 1.23 bits per heavy atom. The molecule has 30 heavy (non-hydrogen) atoms. The Balaban J connectivity index is 1.75. The number of ether oxygens (including phenoxy) is 1. The molecule has 3 amide bonds. The molecule has 7 nitrogen and oxygen atoms in total. The zero-order valence-electron chi connectivity index (χ0n) is 16.5. The standard InChI is InChI=1S/C21H19BrN2O5S/c1-11-4-5-14(6-12(11)2)23-19(26)10-24-20(27)18(30-21(24)28)8-13-7-17(29-3)16(25)9-15(13)22/h4-9,25H,10H2,1-3H3,(H,23,26). The van der Waals surface area contributed by atoms with Gasteiger partial charge in [-0.25, -0.2) is 0 Å². The lowest BCUT2D eigenvalue weighted by molar-refractivity contribution is -0.127. The molecule has 1 fully saturated rings. The van der Waals surface area contributed by atoms with E-state index in [9.17, 15) is 19.5 Å². The van der Waals surface area contributed by atoms with Crippen molar-refractivity contribution in [3.8, 4) is 11.5 Å². The Morgan fingerprint density at radius 2 is 1.97 bits per heavy atom. The van der Waals surface area contributed by atoms with Crippen LogP contribution in [0.3, 0.4) is 0 Å².